The molecular formula is C12H19N. The molecule has 0 aromatic heterocycles. The average Bonchev–Trinajstić information content (AvgIpc) is 2.19. The van der Waals surface area contributed by atoms with Crippen LogP contribution in [-0.2, 0) is 6.42 Å². The molecule has 0 aliphatic carbocycles. The average molecular weight is 177 g/mol. The van der Waals surface area contributed by atoms with Crippen LogP contribution >= 0.6 is 0 Å². The molecule has 0 saturated carbocycles. The minimum absolute atomic E-state index is 0.771. The summed E-state index contributed by atoms with van der Waals surface area (Å²) in [5.74, 6) is 0.771. The zero-order valence-electron chi connectivity index (χ0n) is 8.59. The maximum atomic E-state index is 3.24. The van der Waals surface area contributed by atoms with Crippen LogP contribution in [0.25, 0.3) is 0 Å². The second kappa shape index (κ2) is 5.76. The first-order valence-electron chi connectivity index (χ1n) is 5.05. The van der Waals surface area contributed by atoms with Crippen molar-refractivity contribution in [3.05, 3.63) is 35.9 Å². The Balaban J connectivity index is 2.46. The fourth-order valence-electron chi connectivity index (χ4n) is 1.60. The summed E-state index contributed by atoms with van der Waals surface area (Å²) in [6, 6.07) is 10.7. The Hall–Kier alpha value is -0.820. The van der Waals surface area contributed by atoms with Gasteiger partial charge in [-0.3, -0.25) is 0 Å². The second-order valence-corrected chi connectivity index (χ2v) is 3.52. The normalized spacial score (nSPS) is 12.8. The van der Waals surface area contributed by atoms with E-state index in [9.17, 15) is 0 Å². The first-order valence-corrected chi connectivity index (χ1v) is 5.05. The second-order valence-electron chi connectivity index (χ2n) is 3.52. The van der Waals surface area contributed by atoms with Gasteiger partial charge in [0, 0.05) is 0 Å². The molecule has 0 aliphatic heterocycles. The molecule has 72 valence electrons. The molecule has 1 nitrogen and oxygen atoms in total. The minimum atomic E-state index is 0.771. The van der Waals surface area contributed by atoms with E-state index in [1.807, 2.05) is 7.05 Å². The van der Waals surface area contributed by atoms with Gasteiger partial charge >= 0.3 is 0 Å². The molecule has 1 atom stereocenters. The molecule has 1 aromatic carbocycles. The zero-order chi connectivity index (χ0) is 9.52. The predicted octanol–water partition coefficient (Wildman–Crippen LogP) is 2.47. The van der Waals surface area contributed by atoms with Gasteiger partial charge < -0.3 is 5.32 Å². The van der Waals surface area contributed by atoms with Gasteiger partial charge in [0.25, 0.3) is 0 Å². The third-order valence-electron chi connectivity index (χ3n) is 2.44. The maximum absolute atomic E-state index is 3.24. The van der Waals surface area contributed by atoms with E-state index in [2.05, 4.69) is 42.6 Å². The van der Waals surface area contributed by atoms with Crippen molar-refractivity contribution in [3.8, 4) is 0 Å². The standard InChI is InChI=1S/C12H19N/c1-3-11(10-13-2)9-12-7-5-4-6-8-12/h4-8,11,13H,3,9-10H2,1-2H3/t11-/m0/s1. The van der Waals surface area contributed by atoms with E-state index in [-0.39, 0.29) is 0 Å². The predicted molar refractivity (Wildman–Crippen MR) is 57.9 cm³/mol. The highest BCUT2D eigenvalue weighted by atomic mass is 14.8. The fourth-order valence-corrected chi connectivity index (χ4v) is 1.60. The number of hydrogen-bond acceptors (Lipinski definition) is 1. The molecule has 1 aromatic rings. The highest BCUT2D eigenvalue weighted by Gasteiger charge is 2.05. The van der Waals surface area contributed by atoms with Crippen molar-refractivity contribution in [3.63, 3.8) is 0 Å². The summed E-state index contributed by atoms with van der Waals surface area (Å²) >= 11 is 0. The molecule has 0 fully saturated rings. The monoisotopic (exact) mass is 177 g/mol. The summed E-state index contributed by atoms with van der Waals surface area (Å²) < 4.78 is 0. The fraction of sp³-hybridized carbons (Fsp3) is 0.500. The number of rotatable bonds is 5. The molecule has 0 amide bonds. The van der Waals surface area contributed by atoms with E-state index >= 15 is 0 Å². The van der Waals surface area contributed by atoms with Crippen LogP contribution in [0.1, 0.15) is 18.9 Å². The molecule has 1 heteroatoms. The Bertz CT molecular complexity index is 218. The topological polar surface area (TPSA) is 12.0 Å². The summed E-state index contributed by atoms with van der Waals surface area (Å²) in [5, 5.41) is 3.24. The van der Waals surface area contributed by atoms with Gasteiger partial charge in [0.05, 0.1) is 0 Å². The van der Waals surface area contributed by atoms with Gasteiger partial charge in [-0.15, -0.1) is 0 Å². The quantitative estimate of drug-likeness (QED) is 0.728. The van der Waals surface area contributed by atoms with Gasteiger partial charge in [0.15, 0.2) is 0 Å². The van der Waals surface area contributed by atoms with E-state index in [0.29, 0.717) is 0 Å². The maximum Gasteiger partial charge on any atom is -0.00204 e. The summed E-state index contributed by atoms with van der Waals surface area (Å²) in [6.45, 7) is 3.37. The Labute approximate surface area is 81.2 Å². The Morgan fingerprint density at radius 2 is 1.92 bits per heavy atom. The largest absolute Gasteiger partial charge is 0.319 e. The molecule has 1 rings (SSSR count). The summed E-state index contributed by atoms with van der Waals surface area (Å²) in [7, 11) is 2.02. The van der Waals surface area contributed by atoms with Crippen molar-refractivity contribution in [1.82, 2.24) is 5.32 Å². The van der Waals surface area contributed by atoms with Crippen LogP contribution in [0.3, 0.4) is 0 Å². The Kier molecular flexibility index (Phi) is 4.55. The van der Waals surface area contributed by atoms with Gasteiger partial charge in [-0.1, -0.05) is 43.7 Å². The van der Waals surface area contributed by atoms with Crippen LogP contribution in [0.5, 0.6) is 0 Å². The van der Waals surface area contributed by atoms with Crippen molar-refractivity contribution >= 4 is 0 Å². The first kappa shape index (κ1) is 10.3. The van der Waals surface area contributed by atoms with Gasteiger partial charge in [-0.05, 0) is 31.5 Å². The molecule has 0 radical (unpaired) electrons. The lowest BCUT2D eigenvalue weighted by atomic mass is 9.97. The van der Waals surface area contributed by atoms with Crippen molar-refractivity contribution in [2.45, 2.75) is 19.8 Å². The molecule has 0 aliphatic rings. The molecule has 1 N–H and O–H groups in total. The lowest BCUT2D eigenvalue weighted by Gasteiger charge is -2.13. The van der Waals surface area contributed by atoms with Gasteiger partial charge in [0.1, 0.15) is 0 Å². The molecular weight excluding hydrogens is 158 g/mol. The molecule has 0 unspecified atom stereocenters. The smallest absolute Gasteiger partial charge is 0.00204 e. The van der Waals surface area contributed by atoms with Crippen LogP contribution in [0.15, 0.2) is 30.3 Å². The Morgan fingerprint density at radius 1 is 1.23 bits per heavy atom. The third kappa shape index (κ3) is 3.60. The Morgan fingerprint density at radius 3 is 2.46 bits per heavy atom. The highest BCUT2D eigenvalue weighted by molar-refractivity contribution is 5.15. The lowest BCUT2D eigenvalue weighted by molar-refractivity contribution is 0.481. The van der Waals surface area contributed by atoms with Crippen LogP contribution in [-0.4, -0.2) is 13.6 Å². The van der Waals surface area contributed by atoms with Gasteiger partial charge in [-0.25, -0.2) is 0 Å². The lowest BCUT2D eigenvalue weighted by Crippen LogP contribution is -2.19. The van der Waals surface area contributed by atoms with Crippen LogP contribution in [0.4, 0.5) is 0 Å². The number of hydrogen-bond donors (Lipinski definition) is 1. The molecule has 0 heterocycles. The van der Waals surface area contributed by atoms with Crippen LogP contribution in [0.2, 0.25) is 0 Å². The van der Waals surface area contributed by atoms with Crippen molar-refractivity contribution in [1.29, 1.82) is 0 Å². The van der Waals surface area contributed by atoms with E-state index in [1.165, 1.54) is 18.4 Å². The zero-order valence-corrected chi connectivity index (χ0v) is 8.59. The van der Waals surface area contributed by atoms with E-state index in [4.69, 9.17) is 0 Å². The van der Waals surface area contributed by atoms with E-state index in [0.717, 1.165) is 12.5 Å². The van der Waals surface area contributed by atoms with Crippen LogP contribution in [0, 0.1) is 5.92 Å². The molecule has 0 saturated heterocycles. The highest BCUT2D eigenvalue weighted by Crippen LogP contribution is 2.10. The number of nitrogens with one attached hydrogen (secondary N) is 1. The summed E-state index contributed by atoms with van der Waals surface area (Å²) in [6.07, 6.45) is 2.44. The van der Waals surface area contributed by atoms with E-state index < -0.39 is 0 Å². The molecule has 0 spiro atoms. The summed E-state index contributed by atoms with van der Waals surface area (Å²) in [4.78, 5) is 0. The summed E-state index contributed by atoms with van der Waals surface area (Å²) in [5.41, 5.74) is 1.45. The molecule has 0 bridgehead atoms. The number of benzene rings is 1. The first-order chi connectivity index (χ1) is 6.36. The van der Waals surface area contributed by atoms with Crippen LogP contribution < -0.4 is 5.32 Å². The molecule has 13 heavy (non-hydrogen) atoms. The SMILES string of the molecule is CC[C@H](CNC)Cc1ccccc1. The van der Waals surface area contributed by atoms with Crippen molar-refractivity contribution < 1.29 is 0 Å². The van der Waals surface area contributed by atoms with E-state index in [1.54, 1.807) is 0 Å². The van der Waals surface area contributed by atoms with Crippen molar-refractivity contribution in [2.75, 3.05) is 13.6 Å². The van der Waals surface area contributed by atoms with Gasteiger partial charge in [-0.2, -0.15) is 0 Å². The van der Waals surface area contributed by atoms with Gasteiger partial charge in [0.2, 0.25) is 0 Å². The minimum Gasteiger partial charge on any atom is -0.319 e. The third-order valence-corrected chi connectivity index (χ3v) is 2.44. The van der Waals surface area contributed by atoms with Crippen molar-refractivity contribution in [2.24, 2.45) is 5.92 Å².